The third-order valence-electron chi connectivity index (χ3n) is 4.75. The first kappa shape index (κ1) is 13.7. The van der Waals surface area contributed by atoms with Gasteiger partial charge in [0.15, 0.2) is 0 Å². The Hall–Kier alpha value is -1.98. The molecule has 2 fully saturated rings. The molecule has 0 amide bonds. The predicted octanol–water partition coefficient (Wildman–Crippen LogP) is 2.40. The Bertz CT molecular complexity index is 667. The summed E-state index contributed by atoms with van der Waals surface area (Å²) in [6.45, 7) is 6.07. The summed E-state index contributed by atoms with van der Waals surface area (Å²) >= 11 is 0. The maximum atomic E-state index is 4.67. The van der Waals surface area contributed by atoms with Crippen molar-refractivity contribution in [3.63, 3.8) is 0 Å². The average Bonchev–Trinajstić information content (AvgIpc) is 3.27. The summed E-state index contributed by atoms with van der Waals surface area (Å²) in [5.41, 5.74) is 2.00. The number of aryl methyl sites for hydroxylation is 2. The molecule has 22 heavy (non-hydrogen) atoms. The maximum Gasteiger partial charge on any atom is 0.150 e. The molecule has 0 atom stereocenters. The Morgan fingerprint density at radius 1 is 1.09 bits per heavy atom. The van der Waals surface area contributed by atoms with E-state index in [1.807, 2.05) is 26.4 Å². The van der Waals surface area contributed by atoms with E-state index in [0.717, 1.165) is 43.1 Å². The molecule has 0 radical (unpaired) electrons. The minimum Gasteiger partial charge on any atom is -0.355 e. The summed E-state index contributed by atoms with van der Waals surface area (Å²) in [5.74, 6) is 2.76. The van der Waals surface area contributed by atoms with Gasteiger partial charge in [-0.1, -0.05) is 0 Å². The van der Waals surface area contributed by atoms with E-state index in [1.165, 1.54) is 18.7 Å². The molecular formula is C16H22N6. The molecule has 3 heterocycles. The highest BCUT2D eigenvalue weighted by Crippen LogP contribution is 2.38. The molecule has 0 aromatic carbocycles. The van der Waals surface area contributed by atoms with Crippen LogP contribution >= 0.6 is 0 Å². The van der Waals surface area contributed by atoms with Gasteiger partial charge in [0.05, 0.1) is 11.4 Å². The van der Waals surface area contributed by atoms with E-state index < -0.39 is 0 Å². The topological polar surface area (TPSA) is 59.7 Å². The van der Waals surface area contributed by atoms with Crippen LogP contribution in [0.3, 0.4) is 0 Å². The van der Waals surface area contributed by atoms with Crippen molar-refractivity contribution in [2.24, 2.45) is 0 Å². The third kappa shape index (κ3) is 2.46. The van der Waals surface area contributed by atoms with Gasteiger partial charge in [-0.25, -0.2) is 4.98 Å². The fourth-order valence-electron chi connectivity index (χ4n) is 3.35. The molecule has 116 valence electrons. The molecule has 6 heteroatoms. The second kappa shape index (κ2) is 5.34. The lowest BCUT2D eigenvalue weighted by Crippen LogP contribution is -2.35. The zero-order valence-electron chi connectivity index (χ0n) is 13.2. The number of rotatable bonds is 3. The Kier molecular flexibility index (Phi) is 3.32. The van der Waals surface area contributed by atoms with Gasteiger partial charge in [0, 0.05) is 31.2 Å². The summed E-state index contributed by atoms with van der Waals surface area (Å²) in [4.78, 5) is 11.5. The van der Waals surface area contributed by atoms with Crippen molar-refractivity contribution < 1.29 is 0 Å². The van der Waals surface area contributed by atoms with E-state index in [-0.39, 0.29) is 0 Å². The van der Waals surface area contributed by atoms with Crippen molar-refractivity contribution >= 4 is 5.82 Å². The van der Waals surface area contributed by atoms with E-state index >= 15 is 0 Å². The van der Waals surface area contributed by atoms with Crippen LogP contribution in [0.4, 0.5) is 5.82 Å². The molecular weight excluding hydrogens is 276 g/mol. The van der Waals surface area contributed by atoms with Crippen LogP contribution < -0.4 is 4.90 Å². The average molecular weight is 298 g/mol. The Morgan fingerprint density at radius 2 is 1.86 bits per heavy atom. The van der Waals surface area contributed by atoms with E-state index in [0.29, 0.717) is 12.0 Å². The lowest BCUT2D eigenvalue weighted by atomic mass is 9.95. The van der Waals surface area contributed by atoms with Crippen LogP contribution in [0, 0.1) is 13.8 Å². The van der Waals surface area contributed by atoms with Crippen molar-refractivity contribution in [3.05, 3.63) is 29.7 Å². The number of hydrogen-bond acceptors (Lipinski definition) is 5. The van der Waals surface area contributed by atoms with Crippen LogP contribution in [-0.4, -0.2) is 37.8 Å². The zero-order valence-corrected chi connectivity index (χ0v) is 13.2. The van der Waals surface area contributed by atoms with Crippen LogP contribution in [0.15, 0.2) is 12.5 Å². The molecule has 0 bridgehead atoms. The van der Waals surface area contributed by atoms with Crippen molar-refractivity contribution in [2.75, 3.05) is 18.0 Å². The largest absolute Gasteiger partial charge is 0.355 e. The lowest BCUT2D eigenvalue weighted by Gasteiger charge is -2.33. The third-order valence-corrected chi connectivity index (χ3v) is 4.75. The highest BCUT2D eigenvalue weighted by molar-refractivity contribution is 5.43. The van der Waals surface area contributed by atoms with Crippen molar-refractivity contribution in [3.8, 4) is 0 Å². The Labute approximate surface area is 130 Å². The van der Waals surface area contributed by atoms with Gasteiger partial charge >= 0.3 is 0 Å². The number of aromatic nitrogens is 5. The van der Waals surface area contributed by atoms with Crippen LogP contribution in [-0.2, 0) is 0 Å². The minimum atomic E-state index is 0.525. The van der Waals surface area contributed by atoms with Crippen molar-refractivity contribution in [2.45, 2.75) is 51.5 Å². The SMILES string of the molecule is Cc1cnc(C)c(N2CCC(c3nncn3C3CC3)CC2)n1. The summed E-state index contributed by atoms with van der Waals surface area (Å²) < 4.78 is 2.30. The molecule has 2 aliphatic rings. The van der Waals surface area contributed by atoms with E-state index in [2.05, 4.69) is 29.6 Å². The molecule has 2 aromatic heterocycles. The monoisotopic (exact) mass is 298 g/mol. The van der Waals surface area contributed by atoms with Gasteiger partial charge in [0.25, 0.3) is 0 Å². The molecule has 6 nitrogen and oxygen atoms in total. The van der Waals surface area contributed by atoms with Gasteiger partial charge in [-0.15, -0.1) is 10.2 Å². The summed E-state index contributed by atoms with van der Waals surface area (Å²) in [6, 6.07) is 0.660. The van der Waals surface area contributed by atoms with Gasteiger partial charge in [0.1, 0.15) is 18.0 Å². The number of piperidine rings is 1. The molecule has 0 unspecified atom stereocenters. The van der Waals surface area contributed by atoms with Crippen LogP contribution in [0.2, 0.25) is 0 Å². The quantitative estimate of drug-likeness (QED) is 0.871. The highest BCUT2D eigenvalue weighted by atomic mass is 15.3. The zero-order chi connectivity index (χ0) is 15.1. The first-order chi connectivity index (χ1) is 10.7. The molecule has 1 aliphatic carbocycles. The van der Waals surface area contributed by atoms with Gasteiger partial charge < -0.3 is 9.47 Å². The summed E-state index contributed by atoms with van der Waals surface area (Å²) in [6.07, 6.45) is 8.53. The fourth-order valence-corrected chi connectivity index (χ4v) is 3.35. The molecule has 0 spiro atoms. The van der Waals surface area contributed by atoms with E-state index in [1.54, 1.807) is 0 Å². The van der Waals surface area contributed by atoms with Crippen LogP contribution in [0.1, 0.15) is 54.9 Å². The lowest BCUT2D eigenvalue weighted by molar-refractivity contribution is 0.462. The van der Waals surface area contributed by atoms with Crippen LogP contribution in [0.25, 0.3) is 0 Å². The number of nitrogens with zero attached hydrogens (tertiary/aromatic N) is 6. The van der Waals surface area contributed by atoms with Crippen molar-refractivity contribution in [1.29, 1.82) is 0 Å². The minimum absolute atomic E-state index is 0.525. The molecule has 1 saturated heterocycles. The van der Waals surface area contributed by atoms with Gasteiger partial charge in [0.2, 0.25) is 0 Å². The summed E-state index contributed by atoms with van der Waals surface area (Å²) in [7, 11) is 0. The first-order valence-electron chi connectivity index (χ1n) is 8.17. The predicted molar refractivity (Wildman–Crippen MR) is 84.0 cm³/mol. The highest BCUT2D eigenvalue weighted by Gasteiger charge is 2.31. The maximum absolute atomic E-state index is 4.67. The molecule has 0 N–H and O–H groups in total. The molecule has 4 rings (SSSR count). The normalized spacial score (nSPS) is 19.6. The Morgan fingerprint density at radius 3 is 2.59 bits per heavy atom. The van der Waals surface area contributed by atoms with Gasteiger partial charge in [-0.3, -0.25) is 4.98 Å². The number of anilines is 1. The standard InChI is InChI=1S/C16H22N6/c1-11-9-17-12(2)15(19-11)21-7-5-13(6-8-21)16-20-18-10-22(16)14-3-4-14/h9-10,13-14H,3-8H2,1-2H3. The van der Waals surface area contributed by atoms with E-state index in [4.69, 9.17) is 0 Å². The second-order valence-corrected chi connectivity index (χ2v) is 6.51. The second-order valence-electron chi connectivity index (χ2n) is 6.51. The molecule has 1 saturated carbocycles. The van der Waals surface area contributed by atoms with Gasteiger partial charge in [-0.05, 0) is 39.5 Å². The Balaban J connectivity index is 1.48. The first-order valence-corrected chi connectivity index (χ1v) is 8.17. The fraction of sp³-hybridized carbons (Fsp3) is 0.625. The summed E-state index contributed by atoms with van der Waals surface area (Å²) in [5, 5.41) is 8.54. The van der Waals surface area contributed by atoms with Crippen LogP contribution in [0.5, 0.6) is 0 Å². The van der Waals surface area contributed by atoms with Gasteiger partial charge in [-0.2, -0.15) is 0 Å². The smallest absolute Gasteiger partial charge is 0.150 e. The molecule has 1 aliphatic heterocycles. The van der Waals surface area contributed by atoms with Crippen molar-refractivity contribution in [1.82, 2.24) is 24.7 Å². The number of hydrogen-bond donors (Lipinski definition) is 0. The molecule has 2 aromatic rings. The van der Waals surface area contributed by atoms with E-state index in [9.17, 15) is 0 Å².